The number of amides is 1. The number of hydrogen-bond acceptors (Lipinski definition) is 3. The van der Waals surface area contributed by atoms with Gasteiger partial charge in [-0.3, -0.25) is 9.59 Å². The number of hydrogen-bond donors (Lipinski definition) is 3. The summed E-state index contributed by atoms with van der Waals surface area (Å²) in [6.07, 6.45) is 0.608. The molecule has 5 nitrogen and oxygen atoms in total. The second kappa shape index (κ2) is 7.65. The van der Waals surface area contributed by atoms with Gasteiger partial charge in [0.05, 0.1) is 12.1 Å². The Balaban J connectivity index is 1.96. The van der Waals surface area contributed by atoms with E-state index in [4.69, 9.17) is 16.7 Å². The van der Waals surface area contributed by atoms with E-state index >= 15 is 0 Å². The van der Waals surface area contributed by atoms with Crippen LogP contribution in [0, 0.1) is 0 Å². The molecule has 3 N–H and O–H groups in total. The van der Waals surface area contributed by atoms with Crippen molar-refractivity contribution < 1.29 is 19.8 Å². The molecule has 0 atom stereocenters. The second-order valence-corrected chi connectivity index (χ2v) is 5.53. The zero-order valence-corrected chi connectivity index (χ0v) is 13.0. The maximum atomic E-state index is 12.0. The van der Waals surface area contributed by atoms with Crippen molar-refractivity contribution in [3.05, 3.63) is 58.6 Å². The topological polar surface area (TPSA) is 86.6 Å². The molecule has 2 aromatic rings. The largest absolute Gasteiger partial charge is 0.506 e. The lowest BCUT2D eigenvalue weighted by molar-refractivity contribution is -0.136. The second-order valence-electron chi connectivity index (χ2n) is 5.10. The Morgan fingerprint density at radius 1 is 1.04 bits per heavy atom. The minimum atomic E-state index is -0.976. The first-order valence-corrected chi connectivity index (χ1v) is 7.40. The van der Waals surface area contributed by atoms with E-state index in [1.807, 2.05) is 12.1 Å². The maximum absolute atomic E-state index is 12.0. The van der Waals surface area contributed by atoms with Gasteiger partial charge in [-0.25, -0.2) is 0 Å². The molecule has 0 saturated heterocycles. The number of anilines is 1. The number of nitrogens with one attached hydrogen (secondary N) is 1. The van der Waals surface area contributed by atoms with Crippen LogP contribution in [0.5, 0.6) is 5.75 Å². The molecule has 1 amide bonds. The Bertz CT molecular complexity index is 713. The summed E-state index contributed by atoms with van der Waals surface area (Å²) in [7, 11) is 0. The van der Waals surface area contributed by atoms with Crippen molar-refractivity contribution in [2.24, 2.45) is 0 Å². The van der Waals surface area contributed by atoms with Crippen LogP contribution in [0.15, 0.2) is 42.5 Å². The molecule has 0 bridgehead atoms. The molecular weight excluding hydrogens is 318 g/mol. The van der Waals surface area contributed by atoms with E-state index in [2.05, 4.69) is 5.32 Å². The van der Waals surface area contributed by atoms with Crippen LogP contribution in [0.1, 0.15) is 17.5 Å². The standard InChI is InChI=1S/C17H16ClNO4/c18-13-5-1-11(2-6-13)4-8-16(21)19-14-9-12(10-17(22)23)3-7-15(14)20/h1-3,5-7,9,20H,4,8,10H2,(H,19,21)(H,22,23). The van der Waals surface area contributed by atoms with Gasteiger partial charge in [0, 0.05) is 11.4 Å². The van der Waals surface area contributed by atoms with Crippen molar-refractivity contribution in [3.63, 3.8) is 0 Å². The molecular formula is C17H16ClNO4. The van der Waals surface area contributed by atoms with Gasteiger partial charge in [0.15, 0.2) is 0 Å². The van der Waals surface area contributed by atoms with Crippen LogP contribution in [0.2, 0.25) is 5.02 Å². The zero-order valence-electron chi connectivity index (χ0n) is 12.3. The monoisotopic (exact) mass is 333 g/mol. The molecule has 0 radical (unpaired) electrons. The molecule has 120 valence electrons. The summed E-state index contributed by atoms with van der Waals surface area (Å²) in [6, 6.07) is 11.6. The van der Waals surface area contributed by atoms with Gasteiger partial charge in [-0.05, 0) is 41.8 Å². The number of phenolic OH excluding ortho intramolecular Hbond substituents is 1. The summed E-state index contributed by atoms with van der Waals surface area (Å²) in [4.78, 5) is 22.7. The Kier molecular flexibility index (Phi) is 5.60. The highest BCUT2D eigenvalue weighted by molar-refractivity contribution is 6.30. The van der Waals surface area contributed by atoms with E-state index in [-0.39, 0.29) is 30.2 Å². The Morgan fingerprint density at radius 3 is 2.35 bits per heavy atom. The summed E-state index contributed by atoms with van der Waals surface area (Å²) in [5.74, 6) is -1.34. The van der Waals surface area contributed by atoms with Crippen LogP contribution in [-0.4, -0.2) is 22.1 Å². The first-order valence-electron chi connectivity index (χ1n) is 7.02. The molecule has 2 aromatic carbocycles. The fourth-order valence-electron chi connectivity index (χ4n) is 2.09. The summed E-state index contributed by atoms with van der Waals surface area (Å²) < 4.78 is 0. The lowest BCUT2D eigenvalue weighted by Crippen LogP contribution is -2.13. The molecule has 0 fully saturated rings. The molecule has 0 heterocycles. The Morgan fingerprint density at radius 2 is 1.70 bits per heavy atom. The van der Waals surface area contributed by atoms with E-state index in [1.165, 1.54) is 18.2 Å². The van der Waals surface area contributed by atoms with Gasteiger partial charge in [0.1, 0.15) is 5.75 Å². The lowest BCUT2D eigenvalue weighted by Gasteiger charge is -2.09. The molecule has 0 aromatic heterocycles. The fraction of sp³-hybridized carbons (Fsp3) is 0.176. The molecule has 0 spiro atoms. The third kappa shape index (κ3) is 5.30. The predicted molar refractivity (Wildman–Crippen MR) is 87.8 cm³/mol. The van der Waals surface area contributed by atoms with E-state index in [1.54, 1.807) is 12.1 Å². The number of carbonyl (C=O) groups excluding carboxylic acids is 1. The zero-order chi connectivity index (χ0) is 16.8. The quantitative estimate of drug-likeness (QED) is 0.708. The number of phenols is 1. The van der Waals surface area contributed by atoms with E-state index in [0.29, 0.717) is 17.0 Å². The van der Waals surface area contributed by atoms with Crippen molar-refractivity contribution in [1.29, 1.82) is 0 Å². The van der Waals surface area contributed by atoms with Crippen LogP contribution >= 0.6 is 11.6 Å². The number of carboxylic acids is 1. The molecule has 6 heteroatoms. The number of aliphatic carboxylic acids is 1. The van der Waals surface area contributed by atoms with Gasteiger partial charge < -0.3 is 15.5 Å². The third-order valence-electron chi connectivity index (χ3n) is 3.24. The maximum Gasteiger partial charge on any atom is 0.307 e. The minimum Gasteiger partial charge on any atom is -0.506 e. The van der Waals surface area contributed by atoms with Crippen molar-refractivity contribution >= 4 is 29.2 Å². The van der Waals surface area contributed by atoms with E-state index in [0.717, 1.165) is 5.56 Å². The lowest BCUT2D eigenvalue weighted by atomic mass is 10.1. The van der Waals surface area contributed by atoms with E-state index in [9.17, 15) is 14.7 Å². The van der Waals surface area contributed by atoms with Gasteiger partial charge in [-0.15, -0.1) is 0 Å². The smallest absolute Gasteiger partial charge is 0.307 e. The highest BCUT2D eigenvalue weighted by Crippen LogP contribution is 2.24. The van der Waals surface area contributed by atoms with Gasteiger partial charge >= 0.3 is 5.97 Å². The predicted octanol–water partition coefficient (Wildman–Crippen LogP) is 3.24. The van der Waals surface area contributed by atoms with E-state index < -0.39 is 5.97 Å². The van der Waals surface area contributed by atoms with Crippen LogP contribution in [-0.2, 0) is 22.4 Å². The molecule has 0 saturated carbocycles. The minimum absolute atomic E-state index is 0.0982. The number of aryl methyl sites for hydroxylation is 1. The normalized spacial score (nSPS) is 10.3. The van der Waals surface area contributed by atoms with Crippen LogP contribution in [0.25, 0.3) is 0 Å². The Hall–Kier alpha value is -2.53. The van der Waals surface area contributed by atoms with Crippen molar-refractivity contribution in [3.8, 4) is 5.75 Å². The van der Waals surface area contributed by atoms with Gasteiger partial charge in [0.2, 0.25) is 5.91 Å². The van der Waals surface area contributed by atoms with Crippen LogP contribution in [0.4, 0.5) is 5.69 Å². The summed E-state index contributed by atoms with van der Waals surface area (Å²) in [6.45, 7) is 0. The highest BCUT2D eigenvalue weighted by Gasteiger charge is 2.09. The number of carboxylic acid groups (broad SMARTS) is 1. The molecule has 0 aliphatic heterocycles. The molecule has 0 unspecified atom stereocenters. The van der Waals surface area contributed by atoms with Crippen molar-refractivity contribution in [2.45, 2.75) is 19.3 Å². The first kappa shape index (κ1) is 16.8. The number of benzene rings is 2. The summed E-state index contributed by atoms with van der Waals surface area (Å²) >= 11 is 5.80. The summed E-state index contributed by atoms with van der Waals surface area (Å²) in [5, 5.41) is 21.8. The Labute approximate surface area is 138 Å². The van der Waals surface area contributed by atoms with Gasteiger partial charge in [0.25, 0.3) is 0 Å². The van der Waals surface area contributed by atoms with Crippen molar-refractivity contribution in [1.82, 2.24) is 0 Å². The molecule has 23 heavy (non-hydrogen) atoms. The van der Waals surface area contributed by atoms with Gasteiger partial charge in [-0.1, -0.05) is 29.8 Å². The number of carbonyl (C=O) groups is 2. The SMILES string of the molecule is O=C(O)Cc1ccc(O)c(NC(=O)CCc2ccc(Cl)cc2)c1. The third-order valence-corrected chi connectivity index (χ3v) is 3.50. The number of halogens is 1. The molecule has 0 aliphatic carbocycles. The van der Waals surface area contributed by atoms with Crippen LogP contribution < -0.4 is 5.32 Å². The summed E-state index contributed by atoms with van der Waals surface area (Å²) in [5.41, 5.74) is 1.70. The van der Waals surface area contributed by atoms with Crippen LogP contribution in [0.3, 0.4) is 0 Å². The number of rotatable bonds is 6. The van der Waals surface area contributed by atoms with Gasteiger partial charge in [-0.2, -0.15) is 0 Å². The average Bonchev–Trinajstić information content (AvgIpc) is 2.49. The average molecular weight is 334 g/mol. The number of aromatic hydroxyl groups is 1. The molecule has 0 aliphatic rings. The first-order chi connectivity index (χ1) is 10.9. The van der Waals surface area contributed by atoms with Crippen molar-refractivity contribution in [2.75, 3.05) is 5.32 Å². The molecule has 2 rings (SSSR count). The highest BCUT2D eigenvalue weighted by atomic mass is 35.5. The fourth-order valence-corrected chi connectivity index (χ4v) is 2.22.